The van der Waals surface area contributed by atoms with Crippen molar-refractivity contribution < 1.29 is 9.18 Å². The molecule has 0 aromatic heterocycles. The van der Waals surface area contributed by atoms with Gasteiger partial charge in [-0.1, -0.05) is 47.5 Å². The van der Waals surface area contributed by atoms with E-state index in [1.807, 2.05) is 0 Å². The van der Waals surface area contributed by atoms with Crippen LogP contribution in [0.5, 0.6) is 0 Å². The minimum Gasteiger partial charge on any atom is -0.336 e. The first-order valence-electron chi connectivity index (χ1n) is 8.06. The zero-order valence-corrected chi connectivity index (χ0v) is 14.4. The highest BCUT2D eigenvalue weighted by Crippen LogP contribution is 2.21. The maximum Gasteiger partial charge on any atom is 0.258 e. The van der Waals surface area contributed by atoms with E-state index in [4.69, 9.17) is 11.6 Å². The molecule has 126 valence electrons. The molecule has 1 aliphatic rings. The van der Waals surface area contributed by atoms with Gasteiger partial charge < -0.3 is 4.90 Å². The number of halogens is 2. The molecule has 0 N–H and O–H groups in total. The Bertz CT molecular complexity index is 704. The Morgan fingerprint density at radius 3 is 2.38 bits per heavy atom. The van der Waals surface area contributed by atoms with Crippen LogP contribution in [0.1, 0.15) is 21.5 Å². The summed E-state index contributed by atoms with van der Waals surface area (Å²) < 4.78 is 13.9. The number of rotatable bonds is 3. The fourth-order valence-corrected chi connectivity index (χ4v) is 3.16. The SMILES string of the molecule is Cc1ccc(CN2CCN(C(=O)c3c(F)cccc3Cl)CC2)cc1. The van der Waals surface area contributed by atoms with Crippen LogP contribution in [0.4, 0.5) is 4.39 Å². The molecule has 24 heavy (non-hydrogen) atoms. The van der Waals surface area contributed by atoms with Gasteiger partial charge in [-0.15, -0.1) is 0 Å². The number of piperazine rings is 1. The van der Waals surface area contributed by atoms with Crippen molar-refractivity contribution >= 4 is 17.5 Å². The second-order valence-electron chi connectivity index (χ2n) is 6.15. The molecule has 3 nitrogen and oxygen atoms in total. The summed E-state index contributed by atoms with van der Waals surface area (Å²) in [6, 6.07) is 12.8. The van der Waals surface area contributed by atoms with E-state index in [1.54, 1.807) is 11.0 Å². The number of amides is 1. The second kappa shape index (κ2) is 7.32. The predicted molar refractivity (Wildman–Crippen MR) is 93.8 cm³/mol. The van der Waals surface area contributed by atoms with Crippen LogP contribution >= 0.6 is 11.6 Å². The molecule has 0 atom stereocenters. The summed E-state index contributed by atoms with van der Waals surface area (Å²) in [6.45, 7) is 5.63. The second-order valence-corrected chi connectivity index (χ2v) is 6.56. The molecule has 1 saturated heterocycles. The van der Waals surface area contributed by atoms with E-state index in [0.29, 0.717) is 13.1 Å². The molecule has 0 aliphatic carbocycles. The number of hydrogen-bond donors (Lipinski definition) is 0. The first-order valence-corrected chi connectivity index (χ1v) is 8.43. The highest BCUT2D eigenvalue weighted by Gasteiger charge is 2.25. The van der Waals surface area contributed by atoms with Gasteiger partial charge in [0.1, 0.15) is 5.82 Å². The molecule has 2 aromatic rings. The number of hydrogen-bond acceptors (Lipinski definition) is 2. The molecule has 0 spiro atoms. The van der Waals surface area contributed by atoms with E-state index in [-0.39, 0.29) is 16.5 Å². The molecule has 1 aliphatic heterocycles. The molecule has 0 saturated carbocycles. The Morgan fingerprint density at radius 1 is 1.08 bits per heavy atom. The highest BCUT2D eigenvalue weighted by molar-refractivity contribution is 6.33. The average Bonchev–Trinajstić information content (AvgIpc) is 2.57. The van der Waals surface area contributed by atoms with Gasteiger partial charge in [-0.25, -0.2) is 4.39 Å². The van der Waals surface area contributed by atoms with Crippen LogP contribution in [-0.2, 0) is 6.54 Å². The van der Waals surface area contributed by atoms with E-state index in [1.165, 1.54) is 23.3 Å². The maximum absolute atomic E-state index is 13.9. The maximum atomic E-state index is 13.9. The summed E-state index contributed by atoms with van der Waals surface area (Å²) in [7, 11) is 0. The van der Waals surface area contributed by atoms with Crippen molar-refractivity contribution in [2.24, 2.45) is 0 Å². The Morgan fingerprint density at radius 2 is 1.75 bits per heavy atom. The van der Waals surface area contributed by atoms with Gasteiger partial charge in [0, 0.05) is 32.7 Å². The minimum atomic E-state index is -0.561. The monoisotopic (exact) mass is 346 g/mol. The van der Waals surface area contributed by atoms with Crippen molar-refractivity contribution in [3.05, 3.63) is 70.0 Å². The third kappa shape index (κ3) is 3.77. The van der Waals surface area contributed by atoms with Gasteiger partial charge in [0.05, 0.1) is 10.6 Å². The van der Waals surface area contributed by atoms with Crippen molar-refractivity contribution in [2.75, 3.05) is 26.2 Å². The molecule has 1 fully saturated rings. The third-order valence-corrected chi connectivity index (χ3v) is 4.68. The molecule has 0 radical (unpaired) electrons. The molecular weight excluding hydrogens is 327 g/mol. The molecule has 5 heteroatoms. The smallest absolute Gasteiger partial charge is 0.258 e. The molecular formula is C19H20ClFN2O. The molecule has 3 rings (SSSR count). The summed E-state index contributed by atoms with van der Waals surface area (Å²) in [5.41, 5.74) is 2.49. The van der Waals surface area contributed by atoms with Gasteiger partial charge in [0.15, 0.2) is 0 Å². The van der Waals surface area contributed by atoms with Crippen LogP contribution < -0.4 is 0 Å². The van der Waals surface area contributed by atoms with Crippen molar-refractivity contribution in [1.82, 2.24) is 9.80 Å². The van der Waals surface area contributed by atoms with E-state index in [0.717, 1.165) is 19.6 Å². The molecule has 0 bridgehead atoms. The first kappa shape index (κ1) is 16.9. The van der Waals surface area contributed by atoms with Crippen LogP contribution in [0, 0.1) is 12.7 Å². The summed E-state index contributed by atoms with van der Waals surface area (Å²) in [4.78, 5) is 16.5. The van der Waals surface area contributed by atoms with E-state index < -0.39 is 5.82 Å². The third-order valence-electron chi connectivity index (χ3n) is 4.36. The van der Waals surface area contributed by atoms with Crippen molar-refractivity contribution in [3.8, 4) is 0 Å². The summed E-state index contributed by atoms with van der Waals surface area (Å²) >= 11 is 5.99. The summed E-state index contributed by atoms with van der Waals surface area (Å²) in [6.07, 6.45) is 0. The van der Waals surface area contributed by atoms with Crippen molar-refractivity contribution in [1.29, 1.82) is 0 Å². The lowest BCUT2D eigenvalue weighted by Gasteiger charge is -2.35. The Labute approximate surface area is 146 Å². The fraction of sp³-hybridized carbons (Fsp3) is 0.316. The Hall–Kier alpha value is -1.91. The zero-order chi connectivity index (χ0) is 17.1. The van der Waals surface area contributed by atoms with Gasteiger partial charge in [0.25, 0.3) is 5.91 Å². The number of carbonyl (C=O) groups excluding carboxylic acids is 1. The van der Waals surface area contributed by atoms with Crippen LogP contribution in [0.25, 0.3) is 0 Å². The van der Waals surface area contributed by atoms with Crippen LogP contribution in [0.3, 0.4) is 0 Å². The molecule has 0 unspecified atom stereocenters. The van der Waals surface area contributed by atoms with Gasteiger partial charge in [-0.2, -0.15) is 0 Å². The Balaban J connectivity index is 1.60. The summed E-state index contributed by atoms with van der Waals surface area (Å²) in [5.74, 6) is -0.886. The van der Waals surface area contributed by atoms with Gasteiger partial charge in [0.2, 0.25) is 0 Å². The van der Waals surface area contributed by atoms with Crippen LogP contribution in [0.2, 0.25) is 5.02 Å². The van der Waals surface area contributed by atoms with Gasteiger partial charge in [-0.05, 0) is 24.6 Å². The average molecular weight is 347 g/mol. The van der Waals surface area contributed by atoms with Crippen molar-refractivity contribution in [3.63, 3.8) is 0 Å². The number of aryl methyl sites for hydroxylation is 1. The molecule has 2 aromatic carbocycles. The van der Waals surface area contributed by atoms with Gasteiger partial charge in [-0.3, -0.25) is 9.69 Å². The number of benzene rings is 2. The number of nitrogens with zero attached hydrogens (tertiary/aromatic N) is 2. The minimum absolute atomic E-state index is 0.0221. The van der Waals surface area contributed by atoms with Crippen molar-refractivity contribution in [2.45, 2.75) is 13.5 Å². The van der Waals surface area contributed by atoms with E-state index in [2.05, 4.69) is 36.1 Å². The largest absolute Gasteiger partial charge is 0.336 e. The van der Waals surface area contributed by atoms with E-state index >= 15 is 0 Å². The predicted octanol–water partition coefficient (Wildman–Crippen LogP) is 3.75. The first-order chi connectivity index (χ1) is 11.5. The fourth-order valence-electron chi connectivity index (χ4n) is 2.92. The zero-order valence-electron chi connectivity index (χ0n) is 13.6. The molecule has 1 heterocycles. The lowest BCUT2D eigenvalue weighted by molar-refractivity contribution is 0.0624. The quantitative estimate of drug-likeness (QED) is 0.845. The normalized spacial score (nSPS) is 15.5. The Kier molecular flexibility index (Phi) is 5.17. The van der Waals surface area contributed by atoms with E-state index in [9.17, 15) is 9.18 Å². The number of carbonyl (C=O) groups is 1. The van der Waals surface area contributed by atoms with Crippen LogP contribution in [-0.4, -0.2) is 41.9 Å². The summed E-state index contributed by atoms with van der Waals surface area (Å²) in [5, 5.41) is 0.169. The lowest BCUT2D eigenvalue weighted by atomic mass is 10.1. The lowest BCUT2D eigenvalue weighted by Crippen LogP contribution is -2.48. The molecule has 1 amide bonds. The standard InChI is InChI=1S/C19H20ClFN2O/c1-14-5-7-15(8-6-14)13-22-9-11-23(12-10-22)19(24)18-16(20)3-2-4-17(18)21/h2-8H,9-13H2,1H3. The highest BCUT2D eigenvalue weighted by atomic mass is 35.5. The topological polar surface area (TPSA) is 23.6 Å². The van der Waals surface area contributed by atoms with Crippen LogP contribution in [0.15, 0.2) is 42.5 Å². The van der Waals surface area contributed by atoms with Gasteiger partial charge >= 0.3 is 0 Å².